The molecule has 0 saturated heterocycles. The van der Waals surface area contributed by atoms with Gasteiger partial charge in [0.1, 0.15) is 11.3 Å². The molecule has 19 heavy (non-hydrogen) atoms. The summed E-state index contributed by atoms with van der Waals surface area (Å²) in [6.07, 6.45) is 2.21. The third kappa shape index (κ3) is 2.06. The normalized spacial score (nSPS) is 14.6. The van der Waals surface area contributed by atoms with Gasteiger partial charge in [-0.05, 0) is 40.9 Å². The number of fused-ring (bicyclic) bond motifs is 1. The first-order valence-corrected chi connectivity index (χ1v) is 6.68. The van der Waals surface area contributed by atoms with E-state index in [0.717, 1.165) is 28.4 Å². The van der Waals surface area contributed by atoms with Gasteiger partial charge < -0.3 is 9.84 Å². The highest BCUT2D eigenvalue weighted by molar-refractivity contribution is 9.10. The monoisotopic (exact) mass is 322 g/mol. The number of benzene rings is 1. The van der Waals surface area contributed by atoms with E-state index in [1.165, 1.54) is 13.2 Å². The number of hydrogen-bond acceptors (Lipinski definition) is 4. The fourth-order valence-electron chi connectivity index (χ4n) is 2.06. The molecular formula is C13H11BrN2O3. The Morgan fingerprint density at radius 3 is 2.74 bits per heavy atom. The largest absolute Gasteiger partial charge is 0.494 e. The number of nitrogens with zero attached hydrogens (tertiary/aromatic N) is 2. The van der Waals surface area contributed by atoms with Crippen LogP contribution in [-0.2, 0) is 0 Å². The van der Waals surface area contributed by atoms with Crippen molar-refractivity contribution in [2.45, 2.75) is 18.8 Å². The Bertz CT molecular complexity index is 683. The summed E-state index contributed by atoms with van der Waals surface area (Å²) >= 11 is 3.52. The number of methoxy groups -OCH3 is 1. The molecule has 1 aliphatic carbocycles. The van der Waals surface area contributed by atoms with Crippen LogP contribution in [-0.4, -0.2) is 28.4 Å². The lowest BCUT2D eigenvalue weighted by Crippen LogP contribution is -2.01. The number of halogens is 1. The molecule has 1 saturated carbocycles. The smallest absolute Gasteiger partial charge is 0.335 e. The first kappa shape index (κ1) is 12.3. The van der Waals surface area contributed by atoms with Crippen molar-refractivity contribution in [2.75, 3.05) is 7.11 Å². The minimum absolute atomic E-state index is 0.180. The molecule has 0 aliphatic heterocycles. The fraction of sp³-hybridized carbons (Fsp3) is 0.308. The number of carboxylic acids is 1. The van der Waals surface area contributed by atoms with Gasteiger partial charge in [-0.15, -0.1) is 5.10 Å². The summed E-state index contributed by atoms with van der Waals surface area (Å²) in [7, 11) is 1.49. The molecule has 0 spiro atoms. The molecule has 1 heterocycles. The Labute approximate surface area is 117 Å². The second kappa shape index (κ2) is 4.45. The third-order valence-corrected chi connectivity index (χ3v) is 4.06. The summed E-state index contributed by atoms with van der Waals surface area (Å²) in [5, 5.41) is 18.3. The maximum absolute atomic E-state index is 11.1. The van der Waals surface area contributed by atoms with Crippen molar-refractivity contribution in [3.05, 3.63) is 27.9 Å². The summed E-state index contributed by atoms with van der Waals surface area (Å²) < 4.78 is 6.02. The maximum atomic E-state index is 11.1. The Hall–Kier alpha value is -1.69. The molecule has 0 atom stereocenters. The summed E-state index contributed by atoms with van der Waals surface area (Å²) in [4.78, 5) is 11.1. The molecule has 0 unspecified atom stereocenters. The van der Waals surface area contributed by atoms with E-state index in [1.54, 1.807) is 6.07 Å². The van der Waals surface area contributed by atoms with Gasteiger partial charge in [0.05, 0.1) is 22.8 Å². The van der Waals surface area contributed by atoms with Gasteiger partial charge in [-0.25, -0.2) is 4.79 Å². The van der Waals surface area contributed by atoms with Crippen LogP contribution in [0.5, 0.6) is 5.75 Å². The zero-order chi connectivity index (χ0) is 13.6. The molecule has 6 heteroatoms. The van der Waals surface area contributed by atoms with Crippen molar-refractivity contribution in [3.63, 3.8) is 0 Å². The second-order valence-electron chi connectivity index (χ2n) is 4.55. The average molecular weight is 323 g/mol. The Morgan fingerprint density at radius 2 is 2.16 bits per heavy atom. The van der Waals surface area contributed by atoms with Crippen LogP contribution in [0.1, 0.15) is 34.8 Å². The Balaban J connectivity index is 2.31. The molecular weight excluding hydrogens is 312 g/mol. The number of ether oxygens (including phenoxy) is 1. The van der Waals surface area contributed by atoms with Gasteiger partial charge in [-0.1, -0.05) is 0 Å². The molecule has 1 fully saturated rings. The molecule has 1 N–H and O–H groups in total. The lowest BCUT2D eigenvalue weighted by Gasteiger charge is -2.09. The SMILES string of the molecule is COc1cc(C(=O)O)cc2c(Br)c(C3CC3)nnc12. The highest BCUT2D eigenvalue weighted by atomic mass is 79.9. The molecule has 0 radical (unpaired) electrons. The van der Waals surface area contributed by atoms with Crippen LogP contribution < -0.4 is 4.74 Å². The first-order chi connectivity index (χ1) is 9.11. The maximum Gasteiger partial charge on any atom is 0.335 e. The van der Waals surface area contributed by atoms with E-state index in [9.17, 15) is 4.79 Å². The Kier molecular flexibility index (Phi) is 2.89. The highest BCUT2D eigenvalue weighted by Crippen LogP contribution is 2.44. The van der Waals surface area contributed by atoms with Crippen LogP contribution in [0.4, 0.5) is 0 Å². The van der Waals surface area contributed by atoms with E-state index in [4.69, 9.17) is 9.84 Å². The van der Waals surface area contributed by atoms with Crippen LogP contribution in [0, 0.1) is 0 Å². The topological polar surface area (TPSA) is 72.3 Å². The number of rotatable bonds is 3. The van der Waals surface area contributed by atoms with Crippen molar-refractivity contribution in [3.8, 4) is 5.75 Å². The van der Waals surface area contributed by atoms with Crippen molar-refractivity contribution >= 4 is 32.8 Å². The predicted molar refractivity (Wildman–Crippen MR) is 72.7 cm³/mol. The molecule has 1 aromatic heterocycles. The minimum Gasteiger partial charge on any atom is -0.494 e. The molecule has 1 aromatic carbocycles. The van der Waals surface area contributed by atoms with Crippen LogP contribution in [0.25, 0.3) is 10.9 Å². The molecule has 3 rings (SSSR count). The highest BCUT2D eigenvalue weighted by Gasteiger charge is 2.29. The quantitative estimate of drug-likeness (QED) is 0.940. The van der Waals surface area contributed by atoms with E-state index in [1.807, 2.05) is 0 Å². The lowest BCUT2D eigenvalue weighted by molar-refractivity contribution is 0.0696. The molecule has 0 bridgehead atoms. The Morgan fingerprint density at radius 1 is 1.42 bits per heavy atom. The van der Waals surface area contributed by atoms with Gasteiger partial charge in [0.25, 0.3) is 0 Å². The van der Waals surface area contributed by atoms with Crippen LogP contribution >= 0.6 is 15.9 Å². The van der Waals surface area contributed by atoms with Gasteiger partial charge in [-0.3, -0.25) is 0 Å². The van der Waals surface area contributed by atoms with Gasteiger partial charge >= 0.3 is 5.97 Å². The summed E-state index contributed by atoms with van der Waals surface area (Å²) in [6, 6.07) is 3.06. The number of carboxylic acid groups (broad SMARTS) is 1. The summed E-state index contributed by atoms with van der Waals surface area (Å²) in [6.45, 7) is 0. The standard InChI is InChI=1S/C13H11BrN2O3/c1-19-9-5-7(13(17)18)4-8-10(14)11(6-2-3-6)15-16-12(8)9/h4-6H,2-3H2,1H3,(H,17,18). The lowest BCUT2D eigenvalue weighted by atomic mass is 10.1. The average Bonchev–Trinajstić information content (AvgIpc) is 3.22. The number of aromatic carboxylic acids is 1. The molecule has 5 nitrogen and oxygen atoms in total. The van der Waals surface area contributed by atoms with Crippen molar-refractivity contribution in [2.24, 2.45) is 0 Å². The summed E-state index contributed by atoms with van der Waals surface area (Å²) in [5.74, 6) is -0.131. The third-order valence-electron chi connectivity index (χ3n) is 3.22. The second-order valence-corrected chi connectivity index (χ2v) is 5.35. The first-order valence-electron chi connectivity index (χ1n) is 5.89. The van der Waals surface area contributed by atoms with Gasteiger partial charge in [0.2, 0.25) is 0 Å². The zero-order valence-corrected chi connectivity index (χ0v) is 11.8. The van der Waals surface area contributed by atoms with Crippen molar-refractivity contribution < 1.29 is 14.6 Å². The van der Waals surface area contributed by atoms with E-state index in [2.05, 4.69) is 26.1 Å². The van der Waals surface area contributed by atoms with E-state index < -0.39 is 5.97 Å². The van der Waals surface area contributed by atoms with Crippen LogP contribution in [0.2, 0.25) is 0 Å². The molecule has 0 amide bonds. The number of hydrogen-bond donors (Lipinski definition) is 1. The van der Waals surface area contributed by atoms with E-state index in [0.29, 0.717) is 17.2 Å². The van der Waals surface area contributed by atoms with Crippen LogP contribution in [0.15, 0.2) is 16.6 Å². The zero-order valence-electron chi connectivity index (χ0n) is 10.2. The van der Waals surface area contributed by atoms with Gasteiger partial charge in [-0.2, -0.15) is 5.10 Å². The minimum atomic E-state index is -0.989. The fourth-order valence-corrected chi connectivity index (χ4v) is 2.77. The van der Waals surface area contributed by atoms with E-state index >= 15 is 0 Å². The van der Waals surface area contributed by atoms with Gasteiger partial charge in [0, 0.05) is 11.3 Å². The van der Waals surface area contributed by atoms with Crippen molar-refractivity contribution in [1.82, 2.24) is 10.2 Å². The van der Waals surface area contributed by atoms with E-state index in [-0.39, 0.29) is 5.56 Å². The van der Waals surface area contributed by atoms with Crippen molar-refractivity contribution in [1.29, 1.82) is 0 Å². The number of aromatic nitrogens is 2. The number of carbonyl (C=O) groups is 1. The predicted octanol–water partition coefficient (Wildman–Crippen LogP) is 2.98. The van der Waals surface area contributed by atoms with Gasteiger partial charge in [0.15, 0.2) is 0 Å². The molecule has 1 aliphatic rings. The molecule has 98 valence electrons. The molecule has 2 aromatic rings. The summed E-state index contributed by atoms with van der Waals surface area (Å²) in [5.41, 5.74) is 1.65. The van der Waals surface area contributed by atoms with Crippen LogP contribution in [0.3, 0.4) is 0 Å².